The monoisotopic (exact) mass is 434 g/mol. The Morgan fingerprint density at radius 2 is 2.00 bits per heavy atom. The van der Waals surface area contributed by atoms with Crippen LogP contribution in [0.5, 0.6) is 0 Å². The third-order valence-electron chi connectivity index (χ3n) is 5.03. The number of rotatable bonds is 4. The summed E-state index contributed by atoms with van der Waals surface area (Å²) in [5.41, 5.74) is 1.99. The lowest BCUT2D eigenvalue weighted by molar-refractivity contribution is -0.156. The first-order valence-electron chi connectivity index (χ1n) is 9.92. The second-order valence-corrected chi connectivity index (χ2v) is 7.20. The topological polar surface area (TPSA) is 71.7 Å². The number of benzene rings is 1. The summed E-state index contributed by atoms with van der Waals surface area (Å²) < 4.78 is 48.4. The van der Waals surface area contributed by atoms with Gasteiger partial charge in [-0.05, 0) is 36.6 Å². The molecule has 0 N–H and O–H groups in total. The Kier molecular flexibility index (Phi) is 6.08. The van der Waals surface area contributed by atoms with E-state index in [2.05, 4.69) is 10.2 Å². The molecule has 0 atom stereocenters. The molecule has 31 heavy (non-hydrogen) atoms. The van der Waals surface area contributed by atoms with Gasteiger partial charge in [-0.3, -0.25) is 4.90 Å². The number of nitrogens with zero attached hydrogens (tertiary/aromatic N) is 4. The van der Waals surface area contributed by atoms with Gasteiger partial charge in [-0.1, -0.05) is 24.3 Å². The fourth-order valence-corrected chi connectivity index (χ4v) is 3.47. The molecule has 2 aromatic rings. The Bertz CT molecular complexity index is 994. The number of halogens is 3. The van der Waals surface area contributed by atoms with E-state index in [9.17, 15) is 18.0 Å². The van der Waals surface area contributed by atoms with Crippen molar-refractivity contribution < 1.29 is 27.1 Å². The summed E-state index contributed by atoms with van der Waals surface area (Å²) in [6.07, 6.45) is 2.73. The summed E-state index contributed by atoms with van der Waals surface area (Å²) in [6, 6.07) is 6.63. The number of alkyl halides is 3. The molecular weight excluding hydrogens is 413 g/mol. The van der Waals surface area contributed by atoms with Crippen LogP contribution >= 0.6 is 0 Å². The molecule has 1 fully saturated rings. The van der Waals surface area contributed by atoms with Gasteiger partial charge in [0.25, 0.3) is 0 Å². The molecule has 7 nitrogen and oxygen atoms in total. The van der Waals surface area contributed by atoms with Gasteiger partial charge in [0.15, 0.2) is 0 Å². The molecule has 1 aliphatic carbocycles. The minimum atomic E-state index is -4.70. The maximum atomic E-state index is 13.2. The summed E-state index contributed by atoms with van der Waals surface area (Å²) in [5, 5.41) is 6.59. The lowest BCUT2D eigenvalue weighted by Gasteiger charge is -2.34. The highest BCUT2D eigenvalue weighted by molar-refractivity contribution is 5.76. The van der Waals surface area contributed by atoms with E-state index >= 15 is 0 Å². The average Bonchev–Trinajstić information content (AvgIpc) is 3.30. The van der Waals surface area contributed by atoms with Crippen molar-refractivity contribution in [1.82, 2.24) is 20.0 Å². The van der Waals surface area contributed by atoms with Gasteiger partial charge in [0, 0.05) is 24.4 Å². The molecule has 1 saturated heterocycles. The van der Waals surface area contributed by atoms with E-state index < -0.39 is 12.1 Å². The molecule has 0 spiro atoms. The zero-order valence-corrected chi connectivity index (χ0v) is 16.6. The highest BCUT2D eigenvalue weighted by atomic mass is 19.4. The summed E-state index contributed by atoms with van der Waals surface area (Å²) in [4.78, 5) is 16.7. The van der Waals surface area contributed by atoms with Crippen LogP contribution in [0, 0.1) is 0 Å². The van der Waals surface area contributed by atoms with E-state index in [1.807, 2.05) is 24.3 Å². The largest absolute Gasteiger partial charge is 0.470 e. The maximum Gasteiger partial charge on any atom is 0.470 e. The lowest BCUT2D eigenvalue weighted by Crippen LogP contribution is -2.47. The van der Waals surface area contributed by atoms with Gasteiger partial charge < -0.3 is 14.1 Å². The van der Waals surface area contributed by atoms with E-state index in [1.54, 1.807) is 28.0 Å². The van der Waals surface area contributed by atoms with E-state index in [0.29, 0.717) is 31.9 Å². The smallest absolute Gasteiger partial charge is 0.413 e. The van der Waals surface area contributed by atoms with Gasteiger partial charge in [0.2, 0.25) is 5.89 Å². The molecule has 1 aromatic heterocycles. The SMILES string of the molecule is O=C(N1CCOCC1)N(Cc1cccc(-c2nnc(C(F)(F)F)o2)c1)C1=CC=CCC1. The van der Waals surface area contributed by atoms with Crippen molar-refractivity contribution in [3.05, 3.63) is 59.6 Å². The van der Waals surface area contributed by atoms with Crippen molar-refractivity contribution in [3.8, 4) is 11.5 Å². The molecule has 4 rings (SSSR count). The Morgan fingerprint density at radius 1 is 1.19 bits per heavy atom. The van der Waals surface area contributed by atoms with Crippen LogP contribution in [0.25, 0.3) is 11.5 Å². The second-order valence-electron chi connectivity index (χ2n) is 7.20. The Labute approximate surface area is 176 Å². The minimum absolute atomic E-state index is 0.118. The quantitative estimate of drug-likeness (QED) is 0.720. The Balaban J connectivity index is 1.59. The zero-order chi connectivity index (χ0) is 21.8. The van der Waals surface area contributed by atoms with Crippen molar-refractivity contribution in [2.24, 2.45) is 0 Å². The van der Waals surface area contributed by atoms with E-state index in [-0.39, 0.29) is 18.5 Å². The van der Waals surface area contributed by atoms with Crippen LogP contribution in [-0.2, 0) is 17.5 Å². The molecule has 1 aliphatic heterocycles. The lowest BCUT2D eigenvalue weighted by atomic mass is 10.1. The average molecular weight is 434 g/mol. The van der Waals surface area contributed by atoms with Crippen LogP contribution in [0.15, 0.2) is 52.6 Å². The summed E-state index contributed by atoms with van der Waals surface area (Å²) in [7, 11) is 0. The number of morpholine rings is 1. The molecule has 2 aliphatic rings. The van der Waals surface area contributed by atoms with Gasteiger partial charge in [0.05, 0.1) is 19.8 Å². The van der Waals surface area contributed by atoms with Crippen molar-refractivity contribution in [2.75, 3.05) is 26.3 Å². The molecule has 0 saturated carbocycles. The predicted molar refractivity (Wildman–Crippen MR) is 105 cm³/mol. The third kappa shape index (κ3) is 4.96. The number of hydrogen-bond acceptors (Lipinski definition) is 5. The number of aromatic nitrogens is 2. The van der Waals surface area contributed by atoms with E-state index in [4.69, 9.17) is 9.15 Å². The van der Waals surface area contributed by atoms with Gasteiger partial charge in [-0.2, -0.15) is 13.2 Å². The van der Waals surface area contributed by atoms with Crippen LogP contribution in [-0.4, -0.2) is 52.3 Å². The number of allylic oxidation sites excluding steroid dienone is 4. The van der Waals surface area contributed by atoms with Crippen LogP contribution in [0.3, 0.4) is 0 Å². The molecule has 2 heterocycles. The van der Waals surface area contributed by atoms with Crippen molar-refractivity contribution in [3.63, 3.8) is 0 Å². The standard InChI is InChI=1S/C21H21F3N4O3/c22-21(23,24)19-26-25-18(31-19)16-6-4-5-15(13-16)14-28(17-7-2-1-3-8-17)20(29)27-9-11-30-12-10-27/h1-2,4-7,13H,3,8-12,14H2. The van der Waals surface area contributed by atoms with Gasteiger partial charge in [-0.15, -0.1) is 10.2 Å². The Hall–Kier alpha value is -3.14. The highest BCUT2D eigenvalue weighted by Crippen LogP contribution is 2.31. The van der Waals surface area contributed by atoms with Gasteiger partial charge in [0.1, 0.15) is 0 Å². The first-order chi connectivity index (χ1) is 14.9. The van der Waals surface area contributed by atoms with Crippen LogP contribution in [0.2, 0.25) is 0 Å². The number of urea groups is 1. The van der Waals surface area contributed by atoms with Gasteiger partial charge in [-0.25, -0.2) is 4.79 Å². The first-order valence-corrected chi connectivity index (χ1v) is 9.92. The molecule has 10 heteroatoms. The molecule has 1 aromatic carbocycles. The molecule has 0 unspecified atom stereocenters. The number of carbonyl (C=O) groups excluding carboxylic acids is 1. The second kappa shape index (κ2) is 8.93. The molecule has 0 bridgehead atoms. The zero-order valence-electron chi connectivity index (χ0n) is 16.6. The van der Waals surface area contributed by atoms with Crippen LogP contribution < -0.4 is 0 Å². The normalized spacial score (nSPS) is 16.9. The van der Waals surface area contributed by atoms with Crippen molar-refractivity contribution in [2.45, 2.75) is 25.6 Å². The first kappa shape index (κ1) is 21.1. The van der Waals surface area contributed by atoms with Crippen molar-refractivity contribution >= 4 is 6.03 Å². The number of ether oxygens (including phenoxy) is 1. The molecule has 2 amide bonds. The molecule has 0 radical (unpaired) electrons. The fraction of sp³-hybridized carbons (Fsp3) is 0.381. The predicted octanol–water partition coefficient (Wildman–Crippen LogP) is 4.24. The minimum Gasteiger partial charge on any atom is -0.413 e. The number of amides is 2. The van der Waals surface area contributed by atoms with Crippen molar-refractivity contribution in [1.29, 1.82) is 0 Å². The molecular formula is C21H21F3N4O3. The maximum absolute atomic E-state index is 13.2. The highest BCUT2D eigenvalue weighted by Gasteiger charge is 2.38. The van der Waals surface area contributed by atoms with Crippen LogP contribution in [0.4, 0.5) is 18.0 Å². The number of carbonyl (C=O) groups is 1. The van der Waals surface area contributed by atoms with Crippen LogP contribution in [0.1, 0.15) is 24.3 Å². The fourth-order valence-electron chi connectivity index (χ4n) is 3.47. The summed E-state index contributed by atoms with van der Waals surface area (Å²) >= 11 is 0. The Morgan fingerprint density at radius 3 is 2.68 bits per heavy atom. The number of hydrogen-bond donors (Lipinski definition) is 0. The summed E-state index contributed by atoms with van der Waals surface area (Å²) in [5.74, 6) is -1.61. The third-order valence-corrected chi connectivity index (χ3v) is 5.03. The summed E-state index contributed by atoms with van der Waals surface area (Å²) in [6.45, 7) is 2.28. The molecule has 164 valence electrons. The van der Waals surface area contributed by atoms with E-state index in [1.165, 1.54) is 0 Å². The van der Waals surface area contributed by atoms with Gasteiger partial charge >= 0.3 is 18.1 Å². The van der Waals surface area contributed by atoms with E-state index in [0.717, 1.165) is 24.1 Å².